The Morgan fingerprint density at radius 1 is 1.43 bits per heavy atom. The molecule has 0 spiro atoms. The number of carbonyl (C=O) groups excluding carboxylic acids is 1. The highest BCUT2D eigenvalue weighted by molar-refractivity contribution is 7.80. The molecule has 1 saturated carbocycles. The number of carbonyl (C=O) groups is 1. The molecule has 1 fully saturated rings. The van der Waals surface area contributed by atoms with Crippen molar-refractivity contribution >= 4 is 18.5 Å². The van der Waals surface area contributed by atoms with Crippen LogP contribution in [0.25, 0.3) is 0 Å². The third-order valence-electron chi connectivity index (χ3n) is 3.19. The van der Waals surface area contributed by atoms with Gasteiger partial charge in [-0.2, -0.15) is 12.6 Å². The van der Waals surface area contributed by atoms with Crippen LogP contribution in [0.1, 0.15) is 39.0 Å². The zero-order valence-electron chi connectivity index (χ0n) is 8.96. The zero-order chi connectivity index (χ0) is 10.4. The molecule has 0 radical (unpaired) electrons. The van der Waals surface area contributed by atoms with Crippen molar-refractivity contribution in [1.82, 2.24) is 5.32 Å². The number of hydrogen-bond donors (Lipinski definition) is 2. The van der Waals surface area contributed by atoms with Gasteiger partial charge in [-0.3, -0.25) is 4.79 Å². The molecule has 1 aliphatic carbocycles. The van der Waals surface area contributed by atoms with Gasteiger partial charge in [0.1, 0.15) is 0 Å². The Morgan fingerprint density at radius 2 is 2.14 bits per heavy atom. The van der Waals surface area contributed by atoms with Gasteiger partial charge in [0.15, 0.2) is 0 Å². The van der Waals surface area contributed by atoms with E-state index >= 15 is 0 Å². The van der Waals surface area contributed by atoms with Crippen molar-refractivity contribution in [2.24, 2.45) is 11.8 Å². The lowest BCUT2D eigenvalue weighted by atomic mass is 9.80. The molecule has 0 bridgehead atoms. The van der Waals surface area contributed by atoms with Gasteiger partial charge in [-0.25, -0.2) is 0 Å². The normalized spacial score (nSPS) is 27.3. The SMILES string of the molecule is CC1CCCCC1CNC(=O)CCS. The van der Waals surface area contributed by atoms with Crippen molar-refractivity contribution in [3.63, 3.8) is 0 Å². The van der Waals surface area contributed by atoms with Crippen LogP contribution >= 0.6 is 12.6 Å². The fraction of sp³-hybridized carbons (Fsp3) is 0.909. The molecule has 2 atom stereocenters. The minimum absolute atomic E-state index is 0.151. The van der Waals surface area contributed by atoms with Crippen molar-refractivity contribution in [3.05, 3.63) is 0 Å². The summed E-state index contributed by atoms with van der Waals surface area (Å²) in [5.41, 5.74) is 0. The van der Waals surface area contributed by atoms with Gasteiger partial charge in [0.2, 0.25) is 5.91 Å². The zero-order valence-corrected chi connectivity index (χ0v) is 9.85. The van der Waals surface area contributed by atoms with Gasteiger partial charge in [0.05, 0.1) is 0 Å². The van der Waals surface area contributed by atoms with Crippen molar-refractivity contribution in [3.8, 4) is 0 Å². The van der Waals surface area contributed by atoms with Gasteiger partial charge in [-0.1, -0.05) is 26.2 Å². The Hall–Kier alpha value is -0.180. The summed E-state index contributed by atoms with van der Waals surface area (Å²) in [6, 6.07) is 0. The minimum Gasteiger partial charge on any atom is -0.356 e. The van der Waals surface area contributed by atoms with Crippen molar-refractivity contribution < 1.29 is 4.79 Å². The van der Waals surface area contributed by atoms with Crippen LogP contribution in [0.2, 0.25) is 0 Å². The molecule has 0 aromatic rings. The summed E-state index contributed by atoms with van der Waals surface area (Å²) in [6.45, 7) is 3.17. The van der Waals surface area contributed by atoms with E-state index in [2.05, 4.69) is 24.9 Å². The first-order valence-corrected chi connectivity index (χ1v) is 6.25. The maximum Gasteiger partial charge on any atom is 0.220 e. The molecule has 82 valence electrons. The van der Waals surface area contributed by atoms with E-state index in [-0.39, 0.29) is 5.91 Å². The fourth-order valence-electron chi connectivity index (χ4n) is 2.13. The lowest BCUT2D eigenvalue weighted by Gasteiger charge is -2.28. The number of thiol groups is 1. The van der Waals surface area contributed by atoms with E-state index in [1.54, 1.807) is 0 Å². The van der Waals surface area contributed by atoms with Crippen LogP contribution in [0.5, 0.6) is 0 Å². The van der Waals surface area contributed by atoms with E-state index in [1.165, 1.54) is 25.7 Å². The Balaban J connectivity index is 2.19. The Kier molecular flexibility index (Phi) is 5.38. The maximum atomic E-state index is 11.2. The first-order valence-electron chi connectivity index (χ1n) is 5.61. The second-order valence-electron chi connectivity index (χ2n) is 4.30. The lowest BCUT2D eigenvalue weighted by Crippen LogP contribution is -2.33. The molecule has 3 heteroatoms. The van der Waals surface area contributed by atoms with Crippen molar-refractivity contribution in [1.29, 1.82) is 0 Å². The first-order chi connectivity index (χ1) is 6.74. The average molecular weight is 215 g/mol. The van der Waals surface area contributed by atoms with E-state index in [0.29, 0.717) is 18.1 Å². The summed E-state index contributed by atoms with van der Waals surface area (Å²) in [5.74, 6) is 2.27. The van der Waals surface area contributed by atoms with E-state index in [0.717, 1.165) is 12.5 Å². The standard InChI is InChI=1S/C11H21NOS/c1-9-4-2-3-5-10(9)8-12-11(13)6-7-14/h9-10,14H,2-8H2,1H3,(H,12,13). The van der Waals surface area contributed by atoms with Crippen LogP contribution in [0.3, 0.4) is 0 Å². The maximum absolute atomic E-state index is 11.2. The van der Waals surface area contributed by atoms with Crippen LogP contribution in [0.15, 0.2) is 0 Å². The number of hydrogen-bond acceptors (Lipinski definition) is 2. The van der Waals surface area contributed by atoms with E-state index in [4.69, 9.17) is 0 Å². The summed E-state index contributed by atoms with van der Waals surface area (Å²) >= 11 is 4.04. The number of rotatable bonds is 4. The third kappa shape index (κ3) is 3.91. The molecular weight excluding hydrogens is 194 g/mol. The van der Waals surface area contributed by atoms with Crippen LogP contribution in [0.4, 0.5) is 0 Å². The quantitative estimate of drug-likeness (QED) is 0.692. The molecule has 1 aliphatic rings. The number of nitrogens with one attached hydrogen (secondary N) is 1. The van der Waals surface area contributed by atoms with Crippen LogP contribution < -0.4 is 5.32 Å². The summed E-state index contributed by atoms with van der Waals surface area (Å²) in [5, 5.41) is 3.00. The molecule has 14 heavy (non-hydrogen) atoms. The molecule has 2 nitrogen and oxygen atoms in total. The Labute approximate surface area is 92.2 Å². The van der Waals surface area contributed by atoms with Gasteiger partial charge in [-0.15, -0.1) is 0 Å². The largest absolute Gasteiger partial charge is 0.356 e. The molecule has 0 aromatic heterocycles. The second-order valence-corrected chi connectivity index (χ2v) is 4.75. The molecule has 0 aliphatic heterocycles. The molecule has 1 amide bonds. The second kappa shape index (κ2) is 6.33. The highest BCUT2D eigenvalue weighted by atomic mass is 32.1. The van der Waals surface area contributed by atoms with E-state index in [9.17, 15) is 4.79 Å². The fourth-order valence-corrected chi connectivity index (χ4v) is 2.33. The topological polar surface area (TPSA) is 29.1 Å². The minimum atomic E-state index is 0.151. The number of amides is 1. The van der Waals surface area contributed by atoms with E-state index in [1.807, 2.05) is 0 Å². The first kappa shape index (κ1) is 11.9. The Bertz CT molecular complexity index is 184. The monoisotopic (exact) mass is 215 g/mol. The molecule has 2 unspecified atom stereocenters. The predicted octanol–water partition coefficient (Wildman–Crippen LogP) is 2.25. The average Bonchev–Trinajstić information content (AvgIpc) is 2.17. The summed E-state index contributed by atoms with van der Waals surface area (Å²) in [7, 11) is 0. The summed E-state index contributed by atoms with van der Waals surface area (Å²) in [4.78, 5) is 11.2. The van der Waals surface area contributed by atoms with Gasteiger partial charge in [-0.05, 0) is 24.0 Å². The highest BCUT2D eigenvalue weighted by Gasteiger charge is 2.21. The van der Waals surface area contributed by atoms with Gasteiger partial charge in [0, 0.05) is 13.0 Å². The molecule has 0 saturated heterocycles. The molecule has 0 aromatic carbocycles. The lowest BCUT2D eigenvalue weighted by molar-refractivity contribution is -0.120. The molecule has 1 N–H and O–H groups in total. The van der Waals surface area contributed by atoms with Crippen LogP contribution in [0, 0.1) is 11.8 Å². The van der Waals surface area contributed by atoms with E-state index < -0.39 is 0 Å². The van der Waals surface area contributed by atoms with Crippen molar-refractivity contribution in [2.75, 3.05) is 12.3 Å². The van der Waals surface area contributed by atoms with Crippen LogP contribution in [-0.4, -0.2) is 18.2 Å². The predicted molar refractivity (Wildman–Crippen MR) is 62.6 cm³/mol. The van der Waals surface area contributed by atoms with Gasteiger partial charge in [0.25, 0.3) is 0 Å². The summed E-state index contributed by atoms with van der Waals surface area (Å²) < 4.78 is 0. The molecule has 0 heterocycles. The van der Waals surface area contributed by atoms with Gasteiger partial charge >= 0.3 is 0 Å². The third-order valence-corrected chi connectivity index (χ3v) is 3.41. The highest BCUT2D eigenvalue weighted by Crippen LogP contribution is 2.28. The summed E-state index contributed by atoms with van der Waals surface area (Å²) in [6.07, 6.45) is 5.85. The van der Waals surface area contributed by atoms with Crippen LogP contribution in [-0.2, 0) is 4.79 Å². The smallest absolute Gasteiger partial charge is 0.220 e. The Morgan fingerprint density at radius 3 is 2.79 bits per heavy atom. The molecule has 1 rings (SSSR count). The molecular formula is C11H21NOS. The van der Waals surface area contributed by atoms with Crippen molar-refractivity contribution in [2.45, 2.75) is 39.0 Å². The van der Waals surface area contributed by atoms with Gasteiger partial charge < -0.3 is 5.32 Å².